The molecule has 6 nitrogen and oxygen atoms in total. The first-order chi connectivity index (χ1) is 12.5. The summed E-state index contributed by atoms with van der Waals surface area (Å²) in [4.78, 5) is 26.6. The molecule has 2 atom stereocenters. The first kappa shape index (κ1) is 16.8. The summed E-state index contributed by atoms with van der Waals surface area (Å²) in [6, 6.07) is 17.8. The number of aryl methyl sites for hydroxylation is 1. The minimum absolute atomic E-state index is 0.0242. The van der Waals surface area contributed by atoms with Gasteiger partial charge in [-0.2, -0.15) is 0 Å². The molecule has 2 aliphatic rings. The molecule has 0 spiro atoms. The van der Waals surface area contributed by atoms with Gasteiger partial charge in [0.05, 0.1) is 13.1 Å². The Balaban J connectivity index is 1.99. The minimum Gasteiger partial charge on any atom is -0.329 e. The van der Waals surface area contributed by atoms with Crippen molar-refractivity contribution < 1.29 is 9.59 Å². The molecule has 2 aromatic rings. The van der Waals surface area contributed by atoms with E-state index in [9.17, 15) is 9.59 Å². The van der Waals surface area contributed by atoms with Crippen molar-refractivity contribution in [2.24, 2.45) is 0 Å². The molecule has 0 saturated carbocycles. The highest BCUT2D eigenvalue weighted by molar-refractivity contribution is 5.85. The highest BCUT2D eigenvalue weighted by atomic mass is 16.2. The van der Waals surface area contributed by atoms with E-state index in [0.29, 0.717) is 0 Å². The van der Waals surface area contributed by atoms with E-state index in [2.05, 4.69) is 16.0 Å². The van der Waals surface area contributed by atoms with Crippen LogP contribution in [0.3, 0.4) is 0 Å². The van der Waals surface area contributed by atoms with E-state index < -0.39 is 11.3 Å². The van der Waals surface area contributed by atoms with Crippen LogP contribution in [0.4, 0.5) is 0 Å². The van der Waals surface area contributed by atoms with Crippen LogP contribution >= 0.6 is 0 Å². The Labute approximate surface area is 152 Å². The molecule has 0 aliphatic carbocycles. The molecule has 26 heavy (non-hydrogen) atoms. The molecule has 2 aliphatic heterocycles. The van der Waals surface area contributed by atoms with E-state index in [0.717, 1.165) is 16.7 Å². The van der Waals surface area contributed by atoms with E-state index in [1.54, 1.807) is 11.9 Å². The smallest absolute Gasteiger partial charge is 0.238 e. The van der Waals surface area contributed by atoms with Crippen LogP contribution in [-0.4, -0.2) is 36.9 Å². The average Bonchev–Trinajstić information content (AvgIpc) is 3.20. The topological polar surface area (TPSA) is 73.5 Å². The van der Waals surface area contributed by atoms with Crippen LogP contribution in [0.25, 0.3) is 0 Å². The third kappa shape index (κ3) is 2.19. The first-order valence-electron chi connectivity index (χ1n) is 8.70. The predicted octanol–water partition coefficient (Wildman–Crippen LogP) is 0.782. The number of benzene rings is 2. The van der Waals surface area contributed by atoms with Crippen molar-refractivity contribution in [2.45, 2.75) is 18.2 Å². The van der Waals surface area contributed by atoms with Gasteiger partial charge in [0.2, 0.25) is 11.8 Å². The molecule has 0 bridgehead atoms. The number of carbonyl (C=O) groups is 2. The number of rotatable bonds is 3. The summed E-state index contributed by atoms with van der Waals surface area (Å²) in [6.45, 7) is 2.42. The Morgan fingerprint density at radius 3 is 2.12 bits per heavy atom. The maximum absolute atomic E-state index is 12.6. The normalized spacial score (nSPS) is 28.5. The van der Waals surface area contributed by atoms with Gasteiger partial charge in [-0.15, -0.1) is 0 Å². The number of hydrogen-bond donors (Lipinski definition) is 3. The van der Waals surface area contributed by atoms with Crippen LogP contribution in [0.5, 0.6) is 0 Å². The predicted molar refractivity (Wildman–Crippen MR) is 97.9 cm³/mol. The lowest BCUT2D eigenvalue weighted by atomic mass is 9.80. The number of amides is 2. The van der Waals surface area contributed by atoms with Crippen LogP contribution in [0.2, 0.25) is 0 Å². The molecule has 0 radical (unpaired) electrons. The van der Waals surface area contributed by atoms with Gasteiger partial charge in [0.1, 0.15) is 0 Å². The van der Waals surface area contributed by atoms with Crippen molar-refractivity contribution in [1.82, 2.24) is 20.9 Å². The van der Waals surface area contributed by atoms with Crippen molar-refractivity contribution in [3.63, 3.8) is 0 Å². The van der Waals surface area contributed by atoms with E-state index in [4.69, 9.17) is 0 Å². The summed E-state index contributed by atoms with van der Waals surface area (Å²) >= 11 is 0. The fraction of sp³-hybridized carbons (Fsp3) is 0.300. The van der Waals surface area contributed by atoms with Gasteiger partial charge in [0.15, 0.2) is 11.3 Å². The quantitative estimate of drug-likeness (QED) is 0.765. The molecule has 2 amide bonds. The number of carbonyl (C=O) groups excluding carboxylic acids is 2. The zero-order valence-electron chi connectivity index (χ0n) is 14.9. The van der Waals surface area contributed by atoms with Gasteiger partial charge >= 0.3 is 0 Å². The summed E-state index contributed by atoms with van der Waals surface area (Å²) in [6.07, 6.45) is 0. The lowest BCUT2D eigenvalue weighted by Crippen LogP contribution is -2.70. The van der Waals surface area contributed by atoms with Gasteiger partial charge in [-0.3, -0.25) is 20.2 Å². The van der Waals surface area contributed by atoms with Gasteiger partial charge in [-0.25, -0.2) is 0 Å². The van der Waals surface area contributed by atoms with Crippen LogP contribution in [-0.2, 0) is 20.9 Å². The molecule has 2 heterocycles. The molecule has 2 fully saturated rings. The summed E-state index contributed by atoms with van der Waals surface area (Å²) in [7, 11) is 1.78. The second kappa shape index (κ2) is 5.93. The second-order valence-corrected chi connectivity index (χ2v) is 6.90. The fourth-order valence-electron chi connectivity index (χ4n) is 4.12. The number of hydrogen-bond acceptors (Lipinski definition) is 4. The summed E-state index contributed by atoms with van der Waals surface area (Å²) in [5, 5.41) is 9.90. The SMILES string of the molecule is Cc1ccc(C2(C3(c4ccccc4)NCC(=O)N3)NCC(=O)N2C)cc1. The van der Waals surface area contributed by atoms with Gasteiger partial charge in [0, 0.05) is 7.05 Å². The van der Waals surface area contributed by atoms with Crippen molar-refractivity contribution in [1.29, 1.82) is 0 Å². The van der Waals surface area contributed by atoms with Gasteiger partial charge < -0.3 is 10.2 Å². The highest BCUT2D eigenvalue weighted by Gasteiger charge is 2.63. The number of nitrogens with one attached hydrogen (secondary N) is 3. The van der Waals surface area contributed by atoms with Gasteiger partial charge in [-0.1, -0.05) is 60.2 Å². The Morgan fingerprint density at radius 2 is 1.58 bits per heavy atom. The lowest BCUT2D eigenvalue weighted by molar-refractivity contribution is -0.133. The minimum atomic E-state index is -0.971. The molecular formula is C20H22N4O2. The second-order valence-electron chi connectivity index (χ2n) is 6.90. The monoisotopic (exact) mass is 350 g/mol. The third-order valence-electron chi connectivity index (χ3n) is 5.43. The molecule has 2 unspecified atom stereocenters. The molecule has 2 aromatic carbocycles. The maximum Gasteiger partial charge on any atom is 0.238 e. The van der Waals surface area contributed by atoms with E-state index in [1.165, 1.54) is 0 Å². The van der Waals surface area contributed by atoms with E-state index in [-0.39, 0.29) is 24.9 Å². The van der Waals surface area contributed by atoms with Crippen LogP contribution in [0, 0.1) is 6.92 Å². The van der Waals surface area contributed by atoms with Crippen molar-refractivity contribution in [3.8, 4) is 0 Å². The Hall–Kier alpha value is -2.70. The molecule has 3 N–H and O–H groups in total. The largest absolute Gasteiger partial charge is 0.329 e. The summed E-state index contributed by atoms with van der Waals surface area (Å²) < 4.78 is 0. The van der Waals surface area contributed by atoms with Crippen LogP contribution < -0.4 is 16.0 Å². The molecule has 2 saturated heterocycles. The first-order valence-corrected chi connectivity index (χ1v) is 8.70. The van der Waals surface area contributed by atoms with Crippen molar-refractivity contribution in [2.75, 3.05) is 20.1 Å². The molecular weight excluding hydrogens is 328 g/mol. The van der Waals surface area contributed by atoms with Gasteiger partial charge in [-0.05, 0) is 18.1 Å². The standard InChI is InChI=1S/C20H22N4O2/c1-14-8-10-16(11-9-14)20(22-13-18(26)24(20)2)19(21-12-17(25)23-19)15-6-4-3-5-7-15/h3-11,21-22H,12-13H2,1-2H3,(H,23,25). The summed E-state index contributed by atoms with van der Waals surface area (Å²) in [5.41, 5.74) is 1.02. The average molecular weight is 350 g/mol. The molecule has 0 aromatic heterocycles. The number of nitrogens with zero attached hydrogens (tertiary/aromatic N) is 1. The Bertz CT molecular complexity index is 852. The Kier molecular flexibility index (Phi) is 3.82. The molecule has 4 rings (SSSR count). The number of likely N-dealkylation sites (N-methyl/N-ethyl adjacent to an activating group) is 1. The summed E-state index contributed by atoms with van der Waals surface area (Å²) in [5.74, 6) is -0.126. The highest BCUT2D eigenvalue weighted by Crippen LogP contribution is 2.44. The Morgan fingerprint density at radius 1 is 0.885 bits per heavy atom. The fourth-order valence-corrected chi connectivity index (χ4v) is 4.12. The molecule has 134 valence electrons. The van der Waals surface area contributed by atoms with Gasteiger partial charge in [0.25, 0.3) is 0 Å². The van der Waals surface area contributed by atoms with E-state index in [1.807, 2.05) is 61.5 Å². The maximum atomic E-state index is 12.6. The van der Waals surface area contributed by atoms with Crippen LogP contribution in [0.15, 0.2) is 54.6 Å². The lowest BCUT2D eigenvalue weighted by Gasteiger charge is -2.50. The zero-order chi connectivity index (χ0) is 18.4. The molecule has 6 heteroatoms. The van der Waals surface area contributed by atoms with E-state index >= 15 is 0 Å². The van der Waals surface area contributed by atoms with Crippen molar-refractivity contribution in [3.05, 3.63) is 71.3 Å². The van der Waals surface area contributed by atoms with Crippen molar-refractivity contribution >= 4 is 11.8 Å². The zero-order valence-corrected chi connectivity index (χ0v) is 14.9. The van der Waals surface area contributed by atoms with Crippen LogP contribution in [0.1, 0.15) is 16.7 Å². The third-order valence-corrected chi connectivity index (χ3v) is 5.43.